The lowest BCUT2D eigenvalue weighted by molar-refractivity contribution is -0.174. The molecule has 2 aliphatic rings. The van der Waals surface area contributed by atoms with E-state index in [1.54, 1.807) is 4.90 Å². The van der Waals surface area contributed by atoms with Gasteiger partial charge in [-0.1, -0.05) is 30.3 Å². The van der Waals surface area contributed by atoms with Crippen molar-refractivity contribution in [1.29, 1.82) is 0 Å². The Morgan fingerprint density at radius 3 is 2.48 bits per heavy atom. The second kappa shape index (κ2) is 6.81. The fourth-order valence-corrected chi connectivity index (χ4v) is 3.13. The Bertz CT molecular complexity index is 586. The number of likely N-dealkylation sites (tertiary alicyclic amines) is 1. The Balaban J connectivity index is 1.67. The summed E-state index contributed by atoms with van der Waals surface area (Å²) in [5.74, 6) is -0.889. The molecule has 2 aliphatic heterocycles. The second-order valence-electron chi connectivity index (χ2n) is 5.97. The number of carbonyl (C=O) groups excluding carboxylic acids is 3. The molecule has 6 nitrogen and oxygen atoms in total. The molecule has 1 atom stereocenters. The highest BCUT2D eigenvalue weighted by atomic mass is 16.7. The number of rotatable bonds is 3. The zero-order chi connectivity index (χ0) is 16.2. The summed E-state index contributed by atoms with van der Waals surface area (Å²) in [4.78, 5) is 42.3. The number of hydrogen-bond acceptors (Lipinski definition) is 4. The van der Waals surface area contributed by atoms with E-state index in [4.69, 9.17) is 4.84 Å². The van der Waals surface area contributed by atoms with Crippen molar-refractivity contribution in [3.63, 3.8) is 0 Å². The molecule has 1 aromatic carbocycles. The van der Waals surface area contributed by atoms with E-state index in [0.29, 0.717) is 11.6 Å². The third-order valence-electron chi connectivity index (χ3n) is 4.35. The van der Waals surface area contributed by atoms with E-state index >= 15 is 0 Å². The Morgan fingerprint density at radius 1 is 1.09 bits per heavy atom. The molecule has 2 fully saturated rings. The van der Waals surface area contributed by atoms with Gasteiger partial charge in [-0.15, -0.1) is 5.06 Å². The van der Waals surface area contributed by atoms with E-state index in [1.165, 1.54) is 0 Å². The predicted molar refractivity (Wildman–Crippen MR) is 82.1 cm³/mol. The van der Waals surface area contributed by atoms with Crippen molar-refractivity contribution < 1.29 is 19.2 Å². The molecule has 3 amide bonds. The van der Waals surface area contributed by atoms with Gasteiger partial charge in [0, 0.05) is 25.4 Å². The third kappa shape index (κ3) is 3.52. The van der Waals surface area contributed by atoms with Crippen LogP contribution >= 0.6 is 0 Å². The van der Waals surface area contributed by atoms with Gasteiger partial charge in [-0.05, 0) is 31.2 Å². The third-order valence-corrected chi connectivity index (χ3v) is 4.35. The molecule has 122 valence electrons. The molecule has 0 bridgehead atoms. The predicted octanol–water partition coefficient (Wildman–Crippen LogP) is 2.28. The number of nitrogens with zero attached hydrogens (tertiary/aromatic N) is 2. The fraction of sp³-hybridized carbons (Fsp3) is 0.471. The first-order chi connectivity index (χ1) is 11.1. The standard InChI is InChI=1S/C17H20N2O4/c20-15-9-10-16(21)19(15)23-17(22)18-11-5-4-8-14(18)12-13-6-2-1-3-7-13/h1-3,6-7,14H,4-5,8-12H2/t14-/m0/s1. The number of amides is 3. The van der Waals surface area contributed by atoms with E-state index in [1.807, 2.05) is 30.3 Å². The van der Waals surface area contributed by atoms with E-state index in [0.717, 1.165) is 31.2 Å². The van der Waals surface area contributed by atoms with Crippen LogP contribution in [0.5, 0.6) is 0 Å². The molecular weight excluding hydrogens is 296 g/mol. The Labute approximate surface area is 135 Å². The molecule has 0 aliphatic carbocycles. The number of hydroxylamine groups is 2. The largest absolute Gasteiger partial charge is 0.435 e. The van der Waals surface area contributed by atoms with Crippen molar-refractivity contribution in [3.8, 4) is 0 Å². The van der Waals surface area contributed by atoms with Crippen LogP contribution in [0.3, 0.4) is 0 Å². The summed E-state index contributed by atoms with van der Waals surface area (Å²) in [6.07, 6.45) is 3.22. The summed E-state index contributed by atoms with van der Waals surface area (Å²) < 4.78 is 0. The molecule has 1 aromatic rings. The van der Waals surface area contributed by atoms with Gasteiger partial charge in [0.25, 0.3) is 11.8 Å². The van der Waals surface area contributed by atoms with Gasteiger partial charge < -0.3 is 9.74 Å². The van der Waals surface area contributed by atoms with Crippen LogP contribution in [0.4, 0.5) is 4.79 Å². The number of hydrogen-bond donors (Lipinski definition) is 0. The first kappa shape index (κ1) is 15.5. The smallest absolute Gasteiger partial charge is 0.311 e. The van der Waals surface area contributed by atoms with Crippen LogP contribution in [0.1, 0.15) is 37.7 Å². The van der Waals surface area contributed by atoms with Crippen LogP contribution < -0.4 is 0 Å². The van der Waals surface area contributed by atoms with Gasteiger partial charge in [0.1, 0.15) is 0 Å². The summed E-state index contributed by atoms with van der Waals surface area (Å²) in [6, 6.07) is 10.0. The highest BCUT2D eigenvalue weighted by molar-refractivity contribution is 6.01. The van der Waals surface area contributed by atoms with Gasteiger partial charge >= 0.3 is 6.09 Å². The minimum Gasteiger partial charge on any atom is -0.311 e. The SMILES string of the molecule is O=C1CCC(=O)N1OC(=O)N1CCCC[C@H]1Cc1ccccc1. The lowest BCUT2D eigenvalue weighted by atomic mass is 9.96. The molecule has 0 saturated carbocycles. The molecule has 2 saturated heterocycles. The van der Waals surface area contributed by atoms with Crippen molar-refractivity contribution in [2.24, 2.45) is 0 Å². The van der Waals surface area contributed by atoms with Crippen molar-refractivity contribution in [2.45, 2.75) is 44.6 Å². The maximum atomic E-state index is 12.4. The number of imide groups is 1. The summed E-state index contributed by atoms with van der Waals surface area (Å²) in [6.45, 7) is 0.590. The molecule has 0 N–H and O–H groups in total. The highest BCUT2D eigenvalue weighted by Crippen LogP contribution is 2.23. The van der Waals surface area contributed by atoms with Gasteiger partial charge in [-0.2, -0.15) is 0 Å². The second-order valence-corrected chi connectivity index (χ2v) is 5.97. The minimum absolute atomic E-state index is 0.0338. The van der Waals surface area contributed by atoms with Gasteiger partial charge in [-0.3, -0.25) is 9.59 Å². The number of carbonyl (C=O) groups is 3. The van der Waals surface area contributed by atoms with Crippen LogP contribution in [0.25, 0.3) is 0 Å². The molecule has 23 heavy (non-hydrogen) atoms. The zero-order valence-corrected chi connectivity index (χ0v) is 12.9. The first-order valence-corrected chi connectivity index (χ1v) is 8.03. The van der Waals surface area contributed by atoms with Gasteiger partial charge in [-0.25, -0.2) is 4.79 Å². The molecule has 0 aromatic heterocycles. The topological polar surface area (TPSA) is 66.9 Å². The Morgan fingerprint density at radius 2 is 1.78 bits per heavy atom. The van der Waals surface area contributed by atoms with E-state index in [2.05, 4.69) is 0 Å². The van der Waals surface area contributed by atoms with E-state index in [-0.39, 0.29) is 18.9 Å². The summed E-state index contributed by atoms with van der Waals surface area (Å²) >= 11 is 0. The Hall–Kier alpha value is -2.37. The maximum Gasteiger partial charge on any atom is 0.435 e. The average Bonchev–Trinajstić information content (AvgIpc) is 2.88. The quantitative estimate of drug-likeness (QED) is 0.802. The van der Waals surface area contributed by atoms with Crippen molar-refractivity contribution in [1.82, 2.24) is 9.96 Å². The fourth-order valence-electron chi connectivity index (χ4n) is 3.13. The molecule has 2 heterocycles. The molecular formula is C17H20N2O4. The summed E-state index contributed by atoms with van der Waals surface area (Å²) in [5, 5.41) is 0.622. The summed E-state index contributed by atoms with van der Waals surface area (Å²) in [7, 11) is 0. The monoisotopic (exact) mass is 316 g/mol. The van der Waals surface area contributed by atoms with Crippen molar-refractivity contribution in [3.05, 3.63) is 35.9 Å². The van der Waals surface area contributed by atoms with Gasteiger partial charge in [0.2, 0.25) is 0 Å². The normalized spacial score (nSPS) is 21.7. The van der Waals surface area contributed by atoms with Gasteiger partial charge in [0.15, 0.2) is 0 Å². The van der Waals surface area contributed by atoms with Crippen LogP contribution in [-0.2, 0) is 20.8 Å². The number of piperidine rings is 1. The van der Waals surface area contributed by atoms with Crippen LogP contribution in [-0.4, -0.2) is 40.5 Å². The van der Waals surface area contributed by atoms with Crippen molar-refractivity contribution in [2.75, 3.05) is 6.54 Å². The maximum absolute atomic E-state index is 12.4. The number of benzene rings is 1. The minimum atomic E-state index is -0.603. The lowest BCUT2D eigenvalue weighted by Crippen LogP contribution is -2.47. The molecule has 0 spiro atoms. The molecule has 0 unspecified atom stereocenters. The van der Waals surface area contributed by atoms with Gasteiger partial charge in [0.05, 0.1) is 0 Å². The lowest BCUT2D eigenvalue weighted by Gasteiger charge is -2.35. The average molecular weight is 316 g/mol. The van der Waals surface area contributed by atoms with Crippen LogP contribution in [0.2, 0.25) is 0 Å². The van der Waals surface area contributed by atoms with Crippen LogP contribution in [0.15, 0.2) is 30.3 Å². The highest BCUT2D eigenvalue weighted by Gasteiger charge is 2.36. The zero-order valence-electron chi connectivity index (χ0n) is 12.9. The van der Waals surface area contributed by atoms with Crippen molar-refractivity contribution >= 4 is 17.9 Å². The van der Waals surface area contributed by atoms with E-state index in [9.17, 15) is 14.4 Å². The molecule has 6 heteroatoms. The summed E-state index contributed by atoms with van der Waals surface area (Å²) in [5.41, 5.74) is 1.16. The Kier molecular flexibility index (Phi) is 4.60. The molecule has 3 rings (SSSR count). The molecule has 0 radical (unpaired) electrons. The first-order valence-electron chi connectivity index (χ1n) is 8.03. The van der Waals surface area contributed by atoms with E-state index < -0.39 is 17.9 Å². The van der Waals surface area contributed by atoms with Crippen LogP contribution in [0, 0.1) is 0 Å².